The van der Waals surface area contributed by atoms with Gasteiger partial charge in [-0.1, -0.05) is 11.6 Å². The van der Waals surface area contributed by atoms with Crippen molar-refractivity contribution in [3.8, 4) is 0 Å². The van der Waals surface area contributed by atoms with Gasteiger partial charge in [-0.15, -0.1) is 11.3 Å². The quantitative estimate of drug-likeness (QED) is 0.548. The van der Waals surface area contributed by atoms with Crippen LogP contribution in [0.2, 0.25) is 4.34 Å². The summed E-state index contributed by atoms with van der Waals surface area (Å²) in [6.45, 7) is -0.448. The number of amides is 2. The van der Waals surface area contributed by atoms with Crippen LogP contribution >= 0.6 is 22.9 Å². The number of carbonyl (C=O) groups is 3. The van der Waals surface area contributed by atoms with Crippen LogP contribution in [0.4, 0.5) is 18.9 Å². The van der Waals surface area contributed by atoms with Crippen molar-refractivity contribution in [1.29, 1.82) is 0 Å². The van der Waals surface area contributed by atoms with Crippen LogP contribution in [0.1, 0.15) is 22.5 Å². The topological polar surface area (TPSA) is 66.5 Å². The SMILES string of the molecule is CN(CC(=O)Nc1ccc(F)c(F)c1F)C(=O)CCC(=O)c1ccc(Cl)s1. The first-order chi connectivity index (χ1) is 12.7. The van der Waals surface area contributed by atoms with E-state index in [4.69, 9.17) is 11.6 Å². The molecule has 0 saturated heterocycles. The zero-order valence-corrected chi connectivity index (χ0v) is 15.6. The van der Waals surface area contributed by atoms with Crippen molar-refractivity contribution < 1.29 is 27.6 Å². The molecular weight excluding hydrogens is 405 g/mol. The molecule has 144 valence electrons. The van der Waals surface area contributed by atoms with Gasteiger partial charge in [-0.05, 0) is 24.3 Å². The molecule has 1 aromatic heterocycles. The van der Waals surface area contributed by atoms with Crippen LogP contribution in [0.15, 0.2) is 24.3 Å². The number of nitrogens with one attached hydrogen (secondary N) is 1. The number of rotatable bonds is 7. The standard InChI is InChI=1S/C17H14ClF3N2O3S/c1-23(15(26)7-4-11(24)12-5-6-13(18)27-12)8-14(25)22-10-3-2-9(19)16(20)17(10)21/h2-3,5-6H,4,7-8H2,1H3,(H,22,25). The maximum Gasteiger partial charge on any atom is 0.244 e. The molecule has 2 rings (SSSR count). The van der Waals surface area contributed by atoms with E-state index in [1.165, 1.54) is 7.05 Å². The second-order valence-electron chi connectivity index (χ2n) is 5.55. The summed E-state index contributed by atoms with van der Waals surface area (Å²) in [7, 11) is 1.33. The number of thiophene rings is 1. The molecule has 1 aromatic carbocycles. The zero-order chi connectivity index (χ0) is 20.1. The molecule has 27 heavy (non-hydrogen) atoms. The Bertz CT molecular complexity index is 888. The highest BCUT2D eigenvalue weighted by molar-refractivity contribution is 7.18. The number of halogens is 4. The van der Waals surface area contributed by atoms with Gasteiger partial charge in [-0.3, -0.25) is 14.4 Å². The predicted octanol–water partition coefficient (Wildman–Crippen LogP) is 3.88. The van der Waals surface area contributed by atoms with E-state index >= 15 is 0 Å². The summed E-state index contributed by atoms with van der Waals surface area (Å²) < 4.78 is 40.0. The summed E-state index contributed by atoms with van der Waals surface area (Å²) >= 11 is 6.85. The second-order valence-corrected chi connectivity index (χ2v) is 7.26. The van der Waals surface area contributed by atoms with E-state index in [1.807, 2.05) is 0 Å². The van der Waals surface area contributed by atoms with Crippen LogP contribution in [0.5, 0.6) is 0 Å². The Kier molecular flexibility index (Phi) is 6.98. The average Bonchev–Trinajstić information content (AvgIpc) is 3.06. The molecule has 0 aliphatic rings. The van der Waals surface area contributed by atoms with E-state index in [9.17, 15) is 27.6 Å². The Morgan fingerprint density at radius 1 is 1.07 bits per heavy atom. The molecule has 0 unspecified atom stereocenters. The smallest absolute Gasteiger partial charge is 0.244 e. The van der Waals surface area contributed by atoms with E-state index in [0.29, 0.717) is 15.3 Å². The molecule has 0 aliphatic carbocycles. The lowest BCUT2D eigenvalue weighted by atomic mass is 10.2. The Hall–Kier alpha value is -2.39. The van der Waals surface area contributed by atoms with Crippen LogP contribution in [0, 0.1) is 17.5 Å². The zero-order valence-electron chi connectivity index (χ0n) is 14.0. The molecular formula is C17H14ClF3N2O3S. The third-order valence-electron chi connectivity index (χ3n) is 3.53. The highest BCUT2D eigenvalue weighted by Crippen LogP contribution is 2.23. The van der Waals surface area contributed by atoms with E-state index in [-0.39, 0.29) is 18.6 Å². The fourth-order valence-electron chi connectivity index (χ4n) is 2.11. The molecule has 5 nitrogen and oxygen atoms in total. The van der Waals surface area contributed by atoms with Crippen LogP contribution in [0.3, 0.4) is 0 Å². The molecule has 0 saturated carbocycles. The predicted molar refractivity (Wildman–Crippen MR) is 95.5 cm³/mol. The van der Waals surface area contributed by atoms with Crippen LogP contribution in [0.25, 0.3) is 0 Å². The number of ketones is 1. The van der Waals surface area contributed by atoms with Gasteiger partial charge < -0.3 is 10.2 Å². The first kappa shape index (κ1) is 20.9. The van der Waals surface area contributed by atoms with Gasteiger partial charge in [-0.2, -0.15) is 0 Å². The Morgan fingerprint density at radius 3 is 2.41 bits per heavy atom. The number of Topliss-reactive ketones (excluding diaryl/α,β-unsaturated/α-hetero) is 1. The van der Waals surface area contributed by atoms with E-state index < -0.39 is 41.5 Å². The molecule has 0 aliphatic heterocycles. The minimum Gasteiger partial charge on any atom is -0.336 e. The van der Waals surface area contributed by atoms with Crippen molar-refractivity contribution in [2.75, 3.05) is 18.9 Å². The molecule has 0 atom stereocenters. The molecule has 0 bridgehead atoms. The first-order valence-corrected chi connectivity index (χ1v) is 8.84. The summed E-state index contributed by atoms with van der Waals surface area (Å²) in [4.78, 5) is 37.3. The summed E-state index contributed by atoms with van der Waals surface area (Å²) in [5, 5.41) is 2.06. The van der Waals surface area contributed by atoms with Crippen molar-refractivity contribution in [2.24, 2.45) is 0 Å². The van der Waals surface area contributed by atoms with Crippen LogP contribution < -0.4 is 5.32 Å². The monoisotopic (exact) mass is 418 g/mol. The molecule has 1 N–H and O–H groups in total. The molecule has 2 aromatic rings. The third kappa shape index (κ3) is 5.54. The van der Waals surface area contributed by atoms with Crippen molar-refractivity contribution in [1.82, 2.24) is 4.90 Å². The number of likely N-dealkylation sites (N-methyl/N-ethyl adjacent to an activating group) is 1. The lowest BCUT2D eigenvalue weighted by molar-refractivity contribution is -0.133. The lowest BCUT2D eigenvalue weighted by Crippen LogP contribution is -2.35. The summed E-state index contributed by atoms with van der Waals surface area (Å²) in [6, 6.07) is 4.69. The minimum absolute atomic E-state index is 0.0561. The Balaban J connectivity index is 1.85. The Morgan fingerprint density at radius 2 is 1.78 bits per heavy atom. The van der Waals surface area contributed by atoms with Crippen molar-refractivity contribution in [3.63, 3.8) is 0 Å². The number of anilines is 1. The van der Waals surface area contributed by atoms with Gasteiger partial charge in [0.25, 0.3) is 0 Å². The molecule has 0 fully saturated rings. The second kappa shape index (κ2) is 9.01. The van der Waals surface area contributed by atoms with Gasteiger partial charge in [0.2, 0.25) is 11.8 Å². The number of carbonyl (C=O) groups excluding carboxylic acids is 3. The van der Waals surface area contributed by atoms with Crippen LogP contribution in [-0.2, 0) is 9.59 Å². The van der Waals surface area contributed by atoms with Gasteiger partial charge in [0.1, 0.15) is 0 Å². The summed E-state index contributed by atoms with van der Waals surface area (Å²) in [6.07, 6.45) is -0.183. The maximum absolute atomic E-state index is 13.5. The van der Waals surface area contributed by atoms with E-state index in [0.717, 1.165) is 22.3 Å². The number of hydrogen-bond acceptors (Lipinski definition) is 4. The summed E-state index contributed by atoms with van der Waals surface area (Å²) in [5.74, 6) is -6.14. The fourth-order valence-corrected chi connectivity index (χ4v) is 3.12. The fraction of sp³-hybridized carbons (Fsp3) is 0.235. The van der Waals surface area contributed by atoms with Gasteiger partial charge in [0, 0.05) is 19.9 Å². The molecule has 0 spiro atoms. The minimum atomic E-state index is -1.70. The van der Waals surface area contributed by atoms with Gasteiger partial charge in [0.15, 0.2) is 23.2 Å². The average molecular weight is 419 g/mol. The lowest BCUT2D eigenvalue weighted by Gasteiger charge is -2.17. The maximum atomic E-state index is 13.5. The number of benzene rings is 1. The number of hydrogen-bond donors (Lipinski definition) is 1. The molecule has 2 amide bonds. The molecule has 0 radical (unpaired) electrons. The van der Waals surface area contributed by atoms with E-state index in [2.05, 4.69) is 5.32 Å². The van der Waals surface area contributed by atoms with E-state index in [1.54, 1.807) is 12.1 Å². The molecule has 1 heterocycles. The number of nitrogens with zero attached hydrogens (tertiary/aromatic N) is 1. The van der Waals surface area contributed by atoms with Crippen LogP contribution in [-0.4, -0.2) is 36.1 Å². The normalized spacial score (nSPS) is 10.6. The van der Waals surface area contributed by atoms with Gasteiger partial charge in [0.05, 0.1) is 21.4 Å². The highest BCUT2D eigenvalue weighted by Gasteiger charge is 2.19. The van der Waals surface area contributed by atoms with Crippen molar-refractivity contribution in [2.45, 2.75) is 12.8 Å². The largest absolute Gasteiger partial charge is 0.336 e. The highest BCUT2D eigenvalue weighted by atomic mass is 35.5. The summed E-state index contributed by atoms with van der Waals surface area (Å²) in [5.41, 5.74) is -0.537. The Labute approximate surface area is 161 Å². The first-order valence-electron chi connectivity index (χ1n) is 7.65. The van der Waals surface area contributed by atoms with Crippen molar-refractivity contribution >= 4 is 46.2 Å². The van der Waals surface area contributed by atoms with Gasteiger partial charge in [-0.25, -0.2) is 13.2 Å². The van der Waals surface area contributed by atoms with Gasteiger partial charge >= 0.3 is 0 Å². The third-order valence-corrected chi connectivity index (χ3v) is 4.80. The molecule has 10 heteroatoms. The van der Waals surface area contributed by atoms with Crippen molar-refractivity contribution in [3.05, 3.63) is 50.9 Å².